The van der Waals surface area contributed by atoms with Crippen molar-refractivity contribution >= 4 is 5.91 Å². The molecule has 1 aromatic carbocycles. The fourth-order valence-corrected chi connectivity index (χ4v) is 2.13. The van der Waals surface area contributed by atoms with E-state index in [9.17, 15) is 14.0 Å². The third-order valence-electron chi connectivity index (χ3n) is 3.29. The standard InChI is InChI=1S/C17H20FN3O2/c1-12(2)9-16(22)19-7-8-21-11-20-15(10-17(21)23)13-3-5-14(18)6-4-13/h3-6,10-12H,7-9H2,1-2H3,(H,19,22). The zero-order chi connectivity index (χ0) is 16.8. The summed E-state index contributed by atoms with van der Waals surface area (Å²) in [4.78, 5) is 27.8. The van der Waals surface area contributed by atoms with Crippen molar-refractivity contribution in [3.05, 3.63) is 52.8 Å². The van der Waals surface area contributed by atoms with Crippen molar-refractivity contribution in [1.29, 1.82) is 0 Å². The summed E-state index contributed by atoms with van der Waals surface area (Å²) in [6.45, 7) is 4.69. The number of carbonyl (C=O) groups is 1. The monoisotopic (exact) mass is 317 g/mol. The van der Waals surface area contributed by atoms with Gasteiger partial charge in [0.05, 0.1) is 12.0 Å². The largest absolute Gasteiger partial charge is 0.354 e. The second-order valence-corrected chi connectivity index (χ2v) is 5.76. The normalized spacial score (nSPS) is 10.8. The van der Waals surface area contributed by atoms with Crippen LogP contribution in [-0.2, 0) is 11.3 Å². The summed E-state index contributed by atoms with van der Waals surface area (Å²) >= 11 is 0. The molecule has 0 aliphatic heterocycles. The molecule has 0 atom stereocenters. The smallest absolute Gasteiger partial charge is 0.253 e. The minimum absolute atomic E-state index is 0.0241. The Morgan fingerprint density at radius 1 is 1.30 bits per heavy atom. The Morgan fingerprint density at radius 2 is 2.00 bits per heavy atom. The average molecular weight is 317 g/mol. The number of carbonyl (C=O) groups excluding carboxylic acids is 1. The summed E-state index contributed by atoms with van der Waals surface area (Å²) in [7, 11) is 0. The van der Waals surface area contributed by atoms with Crippen LogP contribution in [0.5, 0.6) is 0 Å². The van der Waals surface area contributed by atoms with Crippen LogP contribution in [-0.4, -0.2) is 22.0 Å². The molecule has 6 heteroatoms. The Kier molecular flexibility index (Phi) is 5.62. The summed E-state index contributed by atoms with van der Waals surface area (Å²) in [5.41, 5.74) is 0.966. The van der Waals surface area contributed by atoms with Crippen molar-refractivity contribution in [2.24, 2.45) is 5.92 Å². The van der Waals surface area contributed by atoms with E-state index in [1.165, 1.54) is 29.1 Å². The molecule has 1 heterocycles. The van der Waals surface area contributed by atoms with E-state index in [1.807, 2.05) is 13.8 Å². The number of hydrogen-bond donors (Lipinski definition) is 1. The Labute approximate surface area is 134 Å². The van der Waals surface area contributed by atoms with Gasteiger partial charge in [0.15, 0.2) is 0 Å². The fourth-order valence-electron chi connectivity index (χ4n) is 2.13. The molecule has 1 aromatic heterocycles. The number of rotatable bonds is 6. The van der Waals surface area contributed by atoms with E-state index in [0.29, 0.717) is 36.7 Å². The first-order chi connectivity index (χ1) is 11.0. The Morgan fingerprint density at radius 3 is 2.61 bits per heavy atom. The maximum absolute atomic E-state index is 12.9. The van der Waals surface area contributed by atoms with Crippen LogP contribution in [0, 0.1) is 11.7 Å². The van der Waals surface area contributed by atoms with Gasteiger partial charge in [-0.2, -0.15) is 0 Å². The zero-order valence-electron chi connectivity index (χ0n) is 13.3. The molecule has 0 aliphatic rings. The SMILES string of the molecule is CC(C)CC(=O)NCCn1cnc(-c2ccc(F)cc2)cc1=O. The molecular weight excluding hydrogens is 297 g/mol. The molecule has 0 spiro atoms. The molecule has 122 valence electrons. The fraction of sp³-hybridized carbons (Fsp3) is 0.353. The first kappa shape index (κ1) is 16.9. The zero-order valence-corrected chi connectivity index (χ0v) is 13.3. The lowest BCUT2D eigenvalue weighted by molar-refractivity contribution is -0.121. The maximum Gasteiger partial charge on any atom is 0.253 e. The van der Waals surface area contributed by atoms with E-state index in [2.05, 4.69) is 10.3 Å². The van der Waals surface area contributed by atoms with Gasteiger partial charge in [0.25, 0.3) is 5.56 Å². The highest BCUT2D eigenvalue weighted by Crippen LogP contribution is 2.14. The van der Waals surface area contributed by atoms with Crippen molar-refractivity contribution < 1.29 is 9.18 Å². The first-order valence-corrected chi connectivity index (χ1v) is 7.55. The molecule has 0 saturated heterocycles. The highest BCUT2D eigenvalue weighted by molar-refractivity contribution is 5.75. The van der Waals surface area contributed by atoms with E-state index in [-0.39, 0.29) is 17.3 Å². The minimum Gasteiger partial charge on any atom is -0.354 e. The van der Waals surface area contributed by atoms with Crippen LogP contribution in [0.25, 0.3) is 11.3 Å². The number of aromatic nitrogens is 2. The van der Waals surface area contributed by atoms with Gasteiger partial charge in [0.1, 0.15) is 5.82 Å². The molecule has 0 fully saturated rings. The highest BCUT2D eigenvalue weighted by atomic mass is 19.1. The summed E-state index contributed by atoms with van der Waals surface area (Å²) in [5, 5.41) is 2.77. The van der Waals surface area contributed by atoms with Crippen LogP contribution in [0.2, 0.25) is 0 Å². The van der Waals surface area contributed by atoms with Crippen molar-refractivity contribution in [3.63, 3.8) is 0 Å². The van der Waals surface area contributed by atoms with Crippen LogP contribution in [0.3, 0.4) is 0 Å². The first-order valence-electron chi connectivity index (χ1n) is 7.55. The molecule has 2 aromatic rings. The second-order valence-electron chi connectivity index (χ2n) is 5.76. The molecule has 1 N–H and O–H groups in total. The summed E-state index contributed by atoms with van der Waals surface area (Å²) in [6, 6.07) is 7.21. The lowest BCUT2D eigenvalue weighted by Crippen LogP contribution is -2.31. The van der Waals surface area contributed by atoms with Gasteiger partial charge in [-0.05, 0) is 30.2 Å². The molecule has 0 bridgehead atoms. The van der Waals surface area contributed by atoms with Gasteiger partial charge in [-0.25, -0.2) is 9.37 Å². The maximum atomic E-state index is 12.9. The van der Waals surface area contributed by atoms with E-state index in [0.717, 1.165) is 0 Å². The second kappa shape index (κ2) is 7.67. The Hall–Kier alpha value is -2.50. The number of nitrogens with zero attached hydrogens (tertiary/aromatic N) is 2. The van der Waals surface area contributed by atoms with Crippen LogP contribution in [0.1, 0.15) is 20.3 Å². The average Bonchev–Trinajstić information content (AvgIpc) is 2.49. The van der Waals surface area contributed by atoms with E-state index < -0.39 is 0 Å². The van der Waals surface area contributed by atoms with Crippen LogP contribution < -0.4 is 10.9 Å². The van der Waals surface area contributed by atoms with Crippen molar-refractivity contribution in [2.75, 3.05) is 6.54 Å². The molecule has 0 radical (unpaired) electrons. The molecule has 0 aliphatic carbocycles. The Balaban J connectivity index is 1.98. The Bertz CT molecular complexity index is 723. The van der Waals surface area contributed by atoms with Crippen LogP contribution >= 0.6 is 0 Å². The van der Waals surface area contributed by atoms with Gasteiger partial charge in [-0.15, -0.1) is 0 Å². The summed E-state index contributed by atoms with van der Waals surface area (Å²) < 4.78 is 14.3. The number of hydrogen-bond acceptors (Lipinski definition) is 3. The molecule has 5 nitrogen and oxygen atoms in total. The third kappa shape index (κ3) is 5.02. The van der Waals surface area contributed by atoms with Crippen molar-refractivity contribution in [2.45, 2.75) is 26.8 Å². The van der Waals surface area contributed by atoms with Crippen LogP contribution in [0.15, 0.2) is 41.5 Å². The van der Waals surface area contributed by atoms with Gasteiger partial charge < -0.3 is 5.32 Å². The quantitative estimate of drug-likeness (QED) is 0.888. The number of halogens is 1. The van der Waals surface area contributed by atoms with Crippen molar-refractivity contribution in [1.82, 2.24) is 14.9 Å². The highest BCUT2D eigenvalue weighted by Gasteiger charge is 2.06. The van der Waals surface area contributed by atoms with Crippen LogP contribution in [0.4, 0.5) is 4.39 Å². The molecule has 1 amide bonds. The molecule has 23 heavy (non-hydrogen) atoms. The minimum atomic E-state index is -0.334. The number of amides is 1. The van der Waals surface area contributed by atoms with Gasteiger partial charge >= 0.3 is 0 Å². The summed E-state index contributed by atoms with van der Waals surface area (Å²) in [5.74, 6) is -0.0578. The number of benzene rings is 1. The van der Waals surface area contributed by atoms with Gasteiger partial charge in [-0.3, -0.25) is 14.2 Å². The predicted molar refractivity (Wildman–Crippen MR) is 86.4 cm³/mol. The predicted octanol–water partition coefficient (Wildman–Crippen LogP) is 2.21. The topological polar surface area (TPSA) is 64.0 Å². The summed E-state index contributed by atoms with van der Waals surface area (Å²) in [6.07, 6.45) is 1.91. The van der Waals surface area contributed by atoms with E-state index in [4.69, 9.17) is 0 Å². The molecule has 2 rings (SSSR count). The van der Waals surface area contributed by atoms with Gasteiger partial charge in [0, 0.05) is 31.1 Å². The molecular formula is C17H20FN3O2. The van der Waals surface area contributed by atoms with Gasteiger partial charge in [-0.1, -0.05) is 13.8 Å². The lowest BCUT2D eigenvalue weighted by Gasteiger charge is -2.09. The lowest BCUT2D eigenvalue weighted by atomic mass is 10.1. The van der Waals surface area contributed by atoms with E-state index in [1.54, 1.807) is 12.1 Å². The number of nitrogens with one attached hydrogen (secondary N) is 1. The molecule has 0 unspecified atom stereocenters. The third-order valence-corrected chi connectivity index (χ3v) is 3.29. The molecule has 0 saturated carbocycles. The van der Waals surface area contributed by atoms with Gasteiger partial charge in [0.2, 0.25) is 5.91 Å². The van der Waals surface area contributed by atoms with Crippen molar-refractivity contribution in [3.8, 4) is 11.3 Å². The van der Waals surface area contributed by atoms with E-state index >= 15 is 0 Å².